The summed E-state index contributed by atoms with van der Waals surface area (Å²) < 4.78 is 41.3. The van der Waals surface area contributed by atoms with Gasteiger partial charge >= 0.3 is 0 Å². The van der Waals surface area contributed by atoms with Crippen LogP contribution >= 0.6 is 0 Å². The Balaban J connectivity index is 1.79. The summed E-state index contributed by atoms with van der Waals surface area (Å²) in [7, 11) is -0.901. The molecule has 1 aliphatic heterocycles. The molecule has 200 valence electrons. The van der Waals surface area contributed by atoms with E-state index in [0.29, 0.717) is 17.1 Å². The third-order valence-corrected chi connectivity index (χ3v) is 9.00. The van der Waals surface area contributed by atoms with Crippen molar-refractivity contribution in [1.82, 2.24) is 4.31 Å². The molecule has 0 fully saturated rings. The molecule has 0 saturated carbocycles. The molecule has 0 N–H and O–H groups in total. The molecule has 2 atom stereocenters. The topological polar surface area (TPSA) is 99.0 Å². The number of hydrogen-bond donors (Lipinski definition) is 0. The second kappa shape index (κ2) is 10.5. The molecular formula is C30H28N2O6S. The summed E-state index contributed by atoms with van der Waals surface area (Å²) in [4.78, 5) is 11.0. The number of rotatable bonds is 7. The molecule has 0 unspecified atom stereocenters. The number of nitrogens with zero attached hydrogens (tertiary/aromatic N) is 2. The lowest BCUT2D eigenvalue weighted by atomic mass is 9.80. The quantitative estimate of drug-likeness (QED) is 0.214. The Kier molecular flexibility index (Phi) is 7.12. The molecule has 4 aromatic carbocycles. The van der Waals surface area contributed by atoms with Gasteiger partial charge in [0.25, 0.3) is 5.69 Å². The van der Waals surface area contributed by atoms with E-state index < -0.39 is 21.0 Å². The minimum atomic E-state index is -3.99. The standard InChI is InChI=1S/C30H28N2O6S/c1-20-9-15-24(16-10-20)39(35,36)31-19-27(21-7-5-4-6-8-21)25-17-28(37-2)29(38-3)18-26(25)30(31)22-11-13-23(14-12-22)32(33)34/h4-18,27,30H,19H2,1-3H3/t27-,30+/m1/s1. The molecule has 4 aromatic rings. The number of ether oxygens (including phenoxy) is 2. The third-order valence-electron chi connectivity index (χ3n) is 7.16. The van der Waals surface area contributed by atoms with Gasteiger partial charge in [-0.15, -0.1) is 0 Å². The number of sulfonamides is 1. The number of non-ortho nitro benzene ring substituents is 1. The first-order valence-electron chi connectivity index (χ1n) is 12.4. The van der Waals surface area contributed by atoms with Gasteiger partial charge < -0.3 is 9.47 Å². The molecular weight excluding hydrogens is 516 g/mol. The number of hydrogen-bond acceptors (Lipinski definition) is 6. The molecule has 0 radical (unpaired) electrons. The highest BCUT2D eigenvalue weighted by Crippen LogP contribution is 2.48. The Labute approximate surface area is 227 Å². The summed E-state index contributed by atoms with van der Waals surface area (Å²) >= 11 is 0. The largest absolute Gasteiger partial charge is 0.493 e. The summed E-state index contributed by atoms with van der Waals surface area (Å²) in [6, 6.07) is 25.5. The van der Waals surface area contributed by atoms with Crippen LogP contribution in [0.4, 0.5) is 5.69 Å². The minimum absolute atomic E-state index is 0.0720. The van der Waals surface area contributed by atoms with Crippen molar-refractivity contribution in [3.8, 4) is 11.5 Å². The molecule has 0 amide bonds. The number of fused-ring (bicyclic) bond motifs is 1. The second-order valence-corrected chi connectivity index (χ2v) is 11.3. The van der Waals surface area contributed by atoms with Gasteiger partial charge in [0.15, 0.2) is 11.5 Å². The molecule has 1 heterocycles. The van der Waals surface area contributed by atoms with E-state index >= 15 is 0 Å². The van der Waals surface area contributed by atoms with Crippen molar-refractivity contribution in [2.24, 2.45) is 0 Å². The van der Waals surface area contributed by atoms with Gasteiger partial charge in [-0.05, 0) is 53.4 Å². The van der Waals surface area contributed by atoms with E-state index in [9.17, 15) is 18.5 Å². The first kappa shape index (κ1) is 26.4. The summed E-state index contributed by atoms with van der Waals surface area (Å²) in [6.07, 6.45) is 0. The maximum Gasteiger partial charge on any atom is 0.269 e. The van der Waals surface area contributed by atoms with Gasteiger partial charge in [0.1, 0.15) is 0 Å². The van der Waals surface area contributed by atoms with Crippen LogP contribution in [0.2, 0.25) is 0 Å². The molecule has 1 aliphatic rings. The van der Waals surface area contributed by atoms with Gasteiger partial charge in [0.2, 0.25) is 10.0 Å². The maximum absolute atomic E-state index is 14.3. The van der Waals surface area contributed by atoms with E-state index in [1.54, 1.807) is 43.5 Å². The van der Waals surface area contributed by atoms with Gasteiger partial charge in [-0.1, -0.05) is 60.2 Å². The van der Waals surface area contributed by atoms with Gasteiger partial charge in [-0.3, -0.25) is 10.1 Å². The summed E-state index contributed by atoms with van der Waals surface area (Å²) in [5.74, 6) is 0.703. The number of nitro benzene ring substituents is 1. The Hall–Kier alpha value is -4.21. The van der Waals surface area contributed by atoms with Crippen LogP contribution in [-0.2, 0) is 10.0 Å². The Morgan fingerprint density at radius 1 is 0.821 bits per heavy atom. The van der Waals surface area contributed by atoms with E-state index in [4.69, 9.17) is 9.47 Å². The van der Waals surface area contributed by atoms with Crippen molar-refractivity contribution in [2.75, 3.05) is 20.8 Å². The number of benzene rings is 4. The molecule has 5 rings (SSSR count). The monoisotopic (exact) mass is 544 g/mol. The number of aryl methyl sites for hydroxylation is 1. The fraction of sp³-hybridized carbons (Fsp3) is 0.200. The fourth-order valence-electron chi connectivity index (χ4n) is 5.16. The third kappa shape index (κ3) is 4.86. The van der Waals surface area contributed by atoms with Crippen LogP contribution in [0.1, 0.15) is 39.8 Å². The molecule has 0 spiro atoms. The van der Waals surface area contributed by atoms with E-state index in [1.165, 1.54) is 23.5 Å². The molecule has 0 aliphatic carbocycles. The van der Waals surface area contributed by atoms with Gasteiger partial charge in [-0.2, -0.15) is 4.31 Å². The zero-order valence-electron chi connectivity index (χ0n) is 21.8. The molecule has 0 bridgehead atoms. The van der Waals surface area contributed by atoms with Gasteiger partial charge in [0, 0.05) is 24.6 Å². The maximum atomic E-state index is 14.3. The zero-order valence-corrected chi connectivity index (χ0v) is 22.6. The molecule has 9 heteroatoms. The Bertz CT molecular complexity index is 1600. The molecule has 8 nitrogen and oxygen atoms in total. The summed E-state index contributed by atoms with van der Waals surface area (Å²) in [6.45, 7) is 2.06. The van der Waals surface area contributed by atoms with Crippen LogP contribution < -0.4 is 9.47 Å². The fourth-order valence-corrected chi connectivity index (χ4v) is 6.77. The SMILES string of the molecule is COc1cc2c(cc1OC)[C@H](c1ccc([N+](=O)[O-])cc1)N(S(=O)(=O)c1ccc(C)cc1)C[C@@H]2c1ccccc1. The van der Waals surface area contributed by atoms with Crippen LogP contribution in [-0.4, -0.2) is 38.4 Å². The van der Waals surface area contributed by atoms with Crippen molar-refractivity contribution < 1.29 is 22.8 Å². The smallest absolute Gasteiger partial charge is 0.269 e. The van der Waals surface area contributed by atoms with Crippen LogP contribution in [0, 0.1) is 17.0 Å². The van der Waals surface area contributed by atoms with Crippen molar-refractivity contribution in [3.05, 3.63) is 129 Å². The highest BCUT2D eigenvalue weighted by molar-refractivity contribution is 7.89. The van der Waals surface area contributed by atoms with Crippen molar-refractivity contribution in [1.29, 1.82) is 0 Å². The van der Waals surface area contributed by atoms with Crippen molar-refractivity contribution in [2.45, 2.75) is 23.8 Å². The van der Waals surface area contributed by atoms with E-state index in [2.05, 4.69) is 0 Å². The first-order valence-corrected chi connectivity index (χ1v) is 13.8. The minimum Gasteiger partial charge on any atom is -0.493 e. The lowest BCUT2D eigenvalue weighted by Crippen LogP contribution is -2.42. The van der Waals surface area contributed by atoms with Crippen molar-refractivity contribution in [3.63, 3.8) is 0 Å². The van der Waals surface area contributed by atoms with E-state index in [-0.39, 0.29) is 23.0 Å². The van der Waals surface area contributed by atoms with Crippen LogP contribution in [0.3, 0.4) is 0 Å². The Morgan fingerprint density at radius 3 is 1.97 bits per heavy atom. The molecule has 0 saturated heterocycles. The van der Waals surface area contributed by atoms with Crippen LogP contribution in [0.5, 0.6) is 11.5 Å². The summed E-state index contributed by atoms with van der Waals surface area (Å²) in [5, 5.41) is 11.3. The lowest BCUT2D eigenvalue weighted by molar-refractivity contribution is -0.384. The lowest BCUT2D eigenvalue weighted by Gasteiger charge is -2.41. The second-order valence-electron chi connectivity index (χ2n) is 9.44. The van der Waals surface area contributed by atoms with E-state index in [0.717, 1.165) is 22.3 Å². The molecule has 39 heavy (non-hydrogen) atoms. The zero-order chi connectivity index (χ0) is 27.7. The van der Waals surface area contributed by atoms with Crippen LogP contribution in [0.15, 0.2) is 95.9 Å². The highest BCUT2D eigenvalue weighted by atomic mass is 32.2. The van der Waals surface area contributed by atoms with Gasteiger partial charge in [-0.25, -0.2) is 8.42 Å². The normalized spacial score (nSPS) is 17.3. The highest BCUT2D eigenvalue weighted by Gasteiger charge is 2.42. The average Bonchev–Trinajstić information content (AvgIpc) is 2.96. The summed E-state index contributed by atoms with van der Waals surface area (Å²) in [5.41, 5.74) is 4.06. The van der Waals surface area contributed by atoms with Crippen LogP contribution in [0.25, 0.3) is 0 Å². The van der Waals surface area contributed by atoms with Gasteiger partial charge in [0.05, 0.1) is 30.1 Å². The average molecular weight is 545 g/mol. The van der Waals surface area contributed by atoms with E-state index in [1.807, 2.05) is 49.4 Å². The first-order chi connectivity index (χ1) is 18.7. The van der Waals surface area contributed by atoms with Crippen molar-refractivity contribution >= 4 is 15.7 Å². The molecule has 0 aromatic heterocycles. The predicted molar refractivity (Wildman–Crippen MR) is 148 cm³/mol. The number of methoxy groups -OCH3 is 2. The Morgan fingerprint density at radius 2 is 1.41 bits per heavy atom. The number of nitro groups is 1. The predicted octanol–water partition coefficient (Wildman–Crippen LogP) is 5.85.